The zero-order valence-corrected chi connectivity index (χ0v) is 16.3. The molecule has 2 N–H and O–H groups in total. The monoisotopic (exact) mass is 443 g/mol. The van der Waals surface area contributed by atoms with Crippen LogP contribution >= 0.6 is 0 Å². The van der Waals surface area contributed by atoms with Crippen LogP contribution < -0.4 is 10.9 Å². The smallest absolute Gasteiger partial charge is 0.295 e. The van der Waals surface area contributed by atoms with Gasteiger partial charge in [0.15, 0.2) is 0 Å². The predicted octanol–water partition coefficient (Wildman–Crippen LogP) is 4.63. The van der Waals surface area contributed by atoms with Crippen LogP contribution in [0.3, 0.4) is 0 Å². The van der Waals surface area contributed by atoms with Crippen LogP contribution in [0.25, 0.3) is 5.69 Å². The fourth-order valence-corrected chi connectivity index (χ4v) is 3.52. The Morgan fingerprint density at radius 1 is 0.871 bits per heavy atom. The number of aromatic nitrogens is 2. The van der Waals surface area contributed by atoms with E-state index in [1.807, 2.05) is 0 Å². The summed E-state index contributed by atoms with van der Waals surface area (Å²) in [5.74, 6) is 0. The highest BCUT2D eigenvalue weighted by Crippen LogP contribution is 2.50. The van der Waals surface area contributed by atoms with E-state index >= 15 is 0 Å². The molecule has 0 bridgehead atoms. The SMILES string of the molecule is Cc1[nH]n(-c2ccccc2)c(=O)c1C(NCCc1ccccc1)(C(F)(F)F)C(F)(F)F. The number of halogens is 6. The summed E-state index contributed by atoms with van der Waals surface area (Å²) in [5.41, 5.74) is -7.25. The summed E-state index contributed by atoms with van der Waals surface area (Å²) in [7, 11) is 0. The van der Waals surface area contributed by atoms with Gasteiger partial charge in [-0.2, -0.15) is 26.3 Å². The molecular weight excluding hydrogens is 424 g/mol. The zero-order chi connectivity index (χ0) is 22.9. The third kappa shape index (κ3) is 4.12. The van der Waals surface area contributed by atoms with Crippen LogP contribution in [0.4, 0.5) is 26.3 Å². The molecule has 0 atom stereocenters. The fraction of sp³-hybridized carbons (Fsp3) is 0.286. The second-order valence-corrected chi connectivity index (χ2v) is 7.00. The predicted molar refractivity (Wildman–Crippen MR) is 103 cm³/mol. The van der Waals surface area contributed by atoms with Crippen LogP contribution in [0.5, 0.6) is 0 Å². The van der Waals surface area contributed by atoms with Crippen molar-refractivity contribution in [1.82, 2.24) is 15.1 Å². The lowest BCUT2D eigenvalue weighted by Crippen LogP contribution is -2.65. The average Bonchev–Trinajstić information content (AvgIpc) is 2.99. The van der Waals surface area contributed by atoms with Gasteiger partial charge in [0.2, 0.25) is 5.54 Å². The lowest BCUT2D eigenvalue weighted by atomic mass is 9.88. The molecule has 31 heavy (non-hydrogen) atoms. The first-order valence-electron chi connectivity index (χ1n) is 9.29. The van der Waals surface area contributed by atoms with Gasteiger partial charge < -0.3 is 0 Å². The minimum absolute atomic E-state index is 0.0922. The molecular formula is C21H19F6N3O. The van der Waals surface area contributed by atoms with Crippen molar-refractivity contribution in [2.45, 2.75) is 31.2 Å². The molecule has 1 aromatic heterocycles. The van der Waals surface area contributed by atoms with Crippen molar-refractivity contribution in [2.24, 2.45) is 0 Å². The molecule has 0 spiro atoms. The molecule has 0 aliphatic rings. The van der Waals surface area contributed by atoms with Gasteiger partial charge in [-0.25, -0.2) is 4.68 Å². The number of hydrogen-bond donors (Lipinski definition) is 2. The van der Waals surface area contributed by atoms with E-state index in [-0.39, 0.29) is 12.1 Å². The summed E-state index contributed by atoms with van der Waals surface area (Å²) in [6.07, 6.45) is -11.8. The Balaban J connectivity index is 2.13. The number of hydrogen-bond acceptors (Lipinski definition) is 2. The van der Waals surface area contributed by atoms with Crippen molar-refractivity contribution in [3.8, 4) is 5.69 Å². The Morgan fingerprint density at radius 2 is 1.39 bits per heavy atom. The van der Waals surface area contributed by atoms with Gasteiger partial charge >= 0.3 is 12.4 Å². The fourth-order valence-electron chi connectivity index (χ4n) is 3.52. The number of H-pyrrole nitrogens is 1. The Labute approximate surface area is 173 Å². The molecule has 0 saturated carbocycles. The number of nitrogens with one attached hydrogen (secondary N) is 2. The van der Waals surface area contributed by atoms with Crippen molar-refractivity contribution in [3.63, 3.8) is 0 Å². The third-order valence-corrected chi connectivity index (χ3v) is 4.96. The number of nitrogens with zero attached hydrogens (tertiary/aromatic N) is 1. The van der Waals surface area contributed by atoms with Gasteiger partial charge in [0.25, 0.3) is 5.56 Å². The molecule has 0 aliphatic heterocycles. The number of aryl methyl sites for hydroxylation is 1. The molecule has 0 aliphatic carbocycles. The van der Waals surface area contributed by atoms with Gasteiger partial charge in [0.05, 0.1) is 11.3 Å². The quantitative estimate of drug-likeness (QED) is 0.546. The van der Waals surface area contributed by atoms with Gasteiger partial charge in [-0.05, 0) is 31.0 Å². The number of benzene rings is 2. The molecule has 0 amide bonds. The first-order valence-corrected chi connectivity index (χ1v) is 9.29. The second-order valence-electron chi connectivity index (χ2n) is 7.00. The molecule has 0 radical (unpaired) electrons. The Bertz CT molecular complexity index is 1050. The highest BCUT2D eigenvalue weighted by Gasteiger charge is 2.73. The van der Waals surface area contributed by atoms with E-state index < -0.39 is 41.3 Å². The number of aromatic amines is 1. The van der Waals surface area contributed by atoms with E-state index in [1.165, 1.54) is 24.3 Å². The summed E-state index contributed by atoms with van der Waals surface area (Å²) in [4.78, 5) is 12.9. The number of para-hydroxylation sites is 1. The molecule has 2 aromatic carbocycles. The summed E-state index contributed by atoms with van der Waals surface area (Å²) in [6, 6.07) is 15.5. The molecule has 166 valence electrons. The molecule has 1 heterocycles. The molecule has 0 saturated heterocycles. The van der Waals surface area contributed by atoms with Crippen molar-refractivity contribution in [3.05, 3.63) is 87.8 Å². The third-order valence-electron chi connectivity index (χ3n) is 4.96. The van der Waals surface area contributed by atoms with E-state index in [0.29, 0.717) is 10.2 Å². The maximum atomic E-state index is 14.1. The maximum absolute atomic E-state index is 14.1. The van der Waals surface area contributed by atoms with Crippen molar-refractivity contribution in [1.29, 1.82) is 0 Å². The van der Waals surface area contributed by atoms with Crippen molar-refractivity contribution < 1.29 is 26.3 Å². The highest BCUT2D eigenvalue weighted by atomic mass is 19.4. The lowest BCUT2D eigenvalue weighted by molar-refractivity contribution is -0.314. The second kappa shape index (κ2) is 8.26. The normalized spacial score (nSPS) is 12.9. The van der Waals surface area contributed by atoms with Gasteiger partial charge in [0, 0.05) is 12.2 Å². The summed E-state index contributed by atoms with van der Waals surface area (Å²) in [5, 5.41) is 3.99. The average molecular weight is 443 g/mol. The maximum Gasteiger partial charge on any atom is 0.420 e. The minimum Gasteiger partial charge on any atom is -0.295 e. The van der Waals surface area contributed by atoms with Crippen LogP contribution in [0.2, 0.25) is 0 Å². The molecule has 10 heteroatoms. The topological polar surface area (TPSA) is 49.8 Å². The van der Waals surface area contributed by atoms with Crippen LogP contribution in [0.1, 0.15) is 16.8 Å². The molecule has 3 aromatic rings. The molecule has 4 nitrogen and oxygen atoms in total. The highest BCUT2D eigenvalue weighted by molar-refractivity contribution is 5.37. The Hall–Kier alpha value is -3.01. The van der Waals surface area contributed by atoms with Gasteiger partial charge in [-0.15, -0.1) is 0 Å². The van der Waals surface area contributed by atoms with E-state index in [2.05, 4.69) is 5.10 Å². The van der Waals surface area contributed by atoms with Crippen LogP contribution in [0, 0.1) is 6.92 Å². The standard InChI is InChI=1S/C21H19F6N3O/c1-14-17(18(31)30(29-14)16-10-6-3-7-11-16)19(20(22,23)24,21(25,26)27)28-13-12-15-8-4-2-5-9-15/h2-11,28-29H,12-13H2,1H3. The van der Waals surface area contributed by atoms with Crippen LogP contribution in [-0.4, -0.2) is 28.7 Å². The van der Waals surface area contributed by atoms with Gasteiger partial charge in [-0.3, -0.25) is 15.2 Å². The number of alkyl halides is 6. The number of rotatable bonds is 6. The minimum atomic E-state index is -5.83. The van der Waals surface area contributed by atoms with E-state index in [0.717, 1.165) is 6.92 Å². The molecule has 3 rings (SSSR count). The summed E-state index contributed by atoms with van der Waals surface area (Å²) < 4.78 is 85.3. The van der Waals surface area contributed by atoms with Crippen molar-refractivity contribution in [2.75, 3.05) is 6.54 Å². The first kappa shape index (κ1) is 22.7. The molecule has 0 unspecified atom stereocenters. The zero-order valence-electron chi connectivity index (χ0n) is 16.3. The van der Waals surface area contributed by atoms with E-state index in [4.69, 9.17) is 0 Å². The van der Waals surface area contributed by atoms with E-state index in [9.17, 15) is 31.1 Å². The summed E-state index contributed by atoms with van der Waals surface area (Å²) in [6.45, 7) is 0.361. The van der Waals surface area contributed by atoms with Crippen LogP contribution in [0.15, 0.2) is 65.5 Å². The van der Waals surface area contributed by atoms with Gasteiger partial charge in [-0.1, -0.05) is 48.5 Å². The summed E-state index contributed by atoms with van der Waals surface area (Å²) >= 11 is 0. The Kier molecular flexibility index (Phi) is 6.04. The first-order chi connectivity index (χ1) is 14.5. The lowest BCUT2D eigenvalue weighted by Gasteiger charge is -2.37. The Morgan fingerprint density at radius 3 is 1.90 bits per heavy atom. The van der Waals surface area contributed by atoms with Gasteiger partial charge in [0.1, 0.15) is 0 Å². The van der Waals surface area contributed by atoms with Crippen LogP contribution in [-0.2, 0) is 12.0 Å². The van der Waals surface area contributed by atoms with E-state index in [1.54, 1.807) is 41.7 Å². The largest absolute Gasteiger partial charge is 0.420 e. The molecule has 0 fully saturated rings. The van der Waals surface area contributed by atoms with Crippen molar-refractivity contribution >= 4 is 0 Å².